The van der Waals surface area contributed by atoms with Gasteiger partial charge in [0.15, 0.2) is 11.4 Å². The number of rotatable bonds is 5. The van der Waals surface area contributed by atoms with Crippen molar-refractivity contribution in [3.8, 4) is 0 Å². The normalized spacial score (nSPS) is 10.4. The van der Waals surface area contributed by atoms with Crippen LogP contribution in [-0.2, 0) is 13.0 Å². The Labute approximate surface area is 113 Å². The van der Waals surface area contributed by atoms with Crippen LogP contribution < -0.4 is 5.32 Å². The molecule has 1 amide bonds. The molecule has 2 rings (SSSR count). The Kier molecular flexibility index (Phi) is 3.96. The van der Waals surface area contributed by atoms with Crippen molar-refractivity contribution in [1.29, 1.82) is 0 Å². The SMILES string of the molecule is CCc1ccsc1CNC(=O)c1nc[nH]c1C(=O)O. The van der Waals surface area contributed by atoms with E-state index in [1.165, 1.54) is 11.9 Å². The van der Waals surface area contributed by atoms with Gasteiger partial charge in [-0.05, 0) is 23.4 Å². The number of aromatic nitrogens is 2. The largest absolute Gasteiger partial charge is 0.477 e. The Morgan fingerprint density at radius 1 is 1.53 bits per heavy atom. The van der Waals surface area contributed by atoms with E-state index < -0.39 is 11.9 Å². The second-order valence-corrected chi connectivity index (χ2v) is 4.84. The van der Waals surface area contributed by atoms with E-state index in [4.69, 9.17) is 5.11 Å². The monoisotopic (exact) mass is 279 g/mol. The Balaban J connectivity index is 2.06. The summed E-state index contributed by atoms with van der Waals surface area (Å²) in [5.41, 5.74) is 0.896. The average molecular weight is 279 g/mol. The van der Waals surface area contributed by atoms with Crippen molar-refractivity contribution in [2.75, 3.05) is 0 Å². The maximum absolute atomic E-state index is 11.9. The van der Waals surface area contributed by atoms with Crippen LogP contribution in [0.5, 0.6) is 0 Å². The molecule has 2 aromatic rings. The number of aromatic amines is 1. The minimum absolute atomic E-state index is 0.0953. The minimum atomic E-state index is -1.20. The minimum Gasteiger partial charge on any atom is -0.477 e. The molecule has 100 valence electrons. The molecule has 0 aliphatic heterocycles. The number of hydrogen-bond donors (Lipinski definition) is 3. The van der Waals surface area contributed by atoms with Crippen LogP contribution in [0.3, 0.4) is 0 Å². The molecule has 0 aromatic carbocycles. The Morgan fingerprint density at radius 3 is 3.00 bits per heavy atom. The van der Waals surface area contributed by atoms with Crippen molar-refractivity contribution in [2.24, 2.45) is 0 Å². The first-order valence-electron chi connectivity index (χ1n) is 5.73. The fourth-order valence-corrected chi connectivity index (χ4v) is 2.63. The van der Waals surface area contributed by atoms with Crippen LogP contribution >= 0.6 is 11.3 Å². The molecule has 0 aliphatic rings. The number of nitrogens with zero attached hydrogens (tertiary/aromatic N) is 1. The molecule has 0 aliphatic carbocycles. The number of imidazole rings is 1. The number of carboxylic acid groups (broad SMARTS) is 1. The Bertz CT molecular complexity index is 603. The summed E-state index contributed by atoms with van der Waals surface area (Å²) >= 11 is 1.56. The van der Waals surface area contributed by atoms with Crippen molar-refractivity contribution < 1.29 is 14.7 Å². The quantitative estimate of drug-likeness (QED) is 0.775. The maximum Gasteiger partial charge on any atom is 0.354 e. The predicted molar refractivity (Wildman–Crippen MR) is 70.4 cm³/mol. The van der Waals surface area contributed by atoms with E-state index in [0.29, 0.717) is 6.54 Å². The van der Waals surface area contributed by atoms with Gasteiger partial charge >= 0.3 is 5.97 Å². The Morgan fingerprint density at radius 2 is 2.32 bits per heavy atom. The molecule has 0 saturated heterocycles. The molecular weight excluding hydrogens is 266 g/mol. The summed E-state index contributed by atoms with van der Waals surface area (Å²) in [7, 11) is 0. The third-order valence-corrected chi connectivity index (χ3v) is 3.66. The van der Waals surface area contributed by atoms with Crippen LogP contribution in [0, 0.1) is 0 Å². The van der Waals surface area contributed by atoms with Crippen molar-refractivity contribution >= 4 is 23.2 Å². The highest BCUT2D eigenvalue weighted by Crippen LogP contribution is 2.17. The molecule has 2 aromatic heterocycles. The van der Waals surface area contributed by atoms with Crippen LogP contribution in [0.25, 0.3) is 0 Å². The number of carbonyl (C=O) groups excluding carboxylic acids is 1. The van der Waals surface area contributed by atoms with Crippen LogP contribution in [0.1, 0.15) is 38.3 Å². The van der Waals surface area contributed by atoms with Gasteiger partial charge in [-0.1, -0.05) is 6.92 Å². The molecule has 0 fully saturated rings. The number of carbonyl (C=O) groups is 2. The van der Waals surface area contributed by atoms with Gasteiger partial charge in [-0.15, -0.1) is 11.3 Å². The lowest BCUT2D eigenvalue weighted by atomic mass is 10.2. The van der Waals surface area contributed by atoms with Gasteiger partial charge in [-0.2, -0.15) is 0 Å². The molecule has 0 atom stereocenters. The number of amides is 1. The predicted octanol–water partition coefficient (Wildman–Crippen LogP) is 1.66. The van der Waals surface area contributed by atoms with Crippen molar-refractivity contribution in [3.05, 3.63) is 39.6 Å². The molecule has 0 unspecified atom stereocenters. The van der Waals surface area contributed by atoms with E-state index >= 15 is 0 Å². The third kappa shape index (κ3) is 2.82. The Hall–Kier alpha value is -2.15. The first-order chi connectivity index (χ1) is 9.13. The number of hydrogen-bond acceptors (Lipinski definition) is 4. The summed E-state index contributed by atoms with van der Waals surface area (Å²) in [6, 6.07) is 2.02. The summed E-state index contributed by atoms with van der Waals surface area (Å²) in [6.07, 6.45) is 2.10. The number of aryl methyl sites for hydroxylation is 1. The smallest absolute Gasteiger partial charge is 0.354 e. The van der Waals surface area contributed by atoms with Gasteiger partial charge in [0.2, 0.25) is 0 Å². The second-order valence-electron chi connectivity index (χ2n) is 3.84. The highest BCUT2D eigenvalue weighted by Gasteiger charge is 2.19. The number of thiophene rings is 1. The number of H-pyrrole nitrogens is 1. The van der Waals surface area contributed by atoms with Crippen LogP contribution in [0.2, 0.25) is 0 Å². The summed E-state index contributed by atoms with van der Waals surface area (Å²) in [6.45, 7) is 2.43. The lowest BCUT2D eigenvalue weighted by molar-refractivity contribution is 0.0685. The molecule has 0 spiro atoms. The summed E-state index contributed by atoms with van der Waals surface area (Å²) in [5, 5.41) is 13.5. The van der Waals surface area contributed by atoms with E-state index in [-0.39, 0.29) is 11.4 Å². The fourth-order valence-electron chi connectivity index (χ4n) is 1.71. The molecule has 6 nitrogen and oxygen atoms in total. The zero-order valence-corrected chi connectivity index (χ0v) is 11.1. The van der Waals surface area contributed by atoms with E-state index in [2.05, 4.69) is 15.3 Å². The molecule has 2 heterocycles. The van der Waals surface area contributed by atoms with Gasteiger partial charge in [-0.3, -0.25) is 4.79 Å². The van der Waals surface area contributed by atoms with E-state index in [9.17, 15) is 9.59 Å². The van der Waals surface area contributed by atoms with Gasteiger partial charge < -0.3 is 15.4 Å². The summed E-state index contributed by atoms with van der Waals surface area (Å²) < 4.78 is 0. The van der Waals surface area contributed by atoms with Gasteiger partial charge in [-0.25, -0.2) is 9.78 Å². The number of nitrogens with one attached hydrogen (secondary N) is 2. The highest BCUT2D eigenvalue weighted by molar-refractivity contribution is 7.10. The highest BCUT2D eigenvalue weighted by atomic mass is 32.1. The van der Waals surface area contributed by atoms with Crippen LogP contribution in [-0.4, -0.2) is 27.0 Å². The zero-order valence-electron chi connectivity index (χ0n) is 10.3. The zero-order chi connectivity index (χ0) is 13.8. The van der Waals surface area contributed by atoms with E-state index in [0.717, 1.165) is 11.3 Å². The summed E-state index contributed by atoms with van der Waals surface area (Å²) in [4.78, 5) is 30.0. The van der Waals surface area contributed by atoms with Crippen molar-refractivity contribution in [3.63, 3.8) is 0 Å². The maximum atomic E-state index is 11.9. The third-order valence-electron chi connectivity index (χ3n) is 2.70. The van der Waals surface area contributed by atoms with Gasteiger partial charge in [0, 0.05) is 4.88 Å². The lowest BCUT2D eigenvalue weighted by Gasteiger charge is -2.04. The standard InChI is InChI=1S/C12H13N3O3S/c1-2-7-3-4-19-8(7)5-13-11(16)9-10(12(17)18)15-6-14-9/h3-4,6H,2,5H2,1H3,(H,13,16)(H,14,15)(H,17,18). The lowest BCUT2D eigenvalue weighted by Crippen LogP contribution is -2.25. The molecule has 0 radical (unpaired) electrons. The molecular formula is C12H13N3O3S. The van der Waals surface area contributed by atoms with E-state index in [1.807, 2.05) is 18.4 Å². The molecule has 3 N–H and O–H groups in total. The van der Waals surface area contributed by atoms with Gasteiger partial charge in [0.25, 0.3) is 5.91 Å². The number of aromatic carboxylic acids is 1. The number of carboxylic acids is 1. The first-order valence-corrected chi connectivity index (χ1v) is 6.61. The van der Waals surface area contributed by atoms with Crippen LogP contribution in [0.4, 0.5) is 0 Å². The van der Waals surface area contributed by atoms with Crippen LogP contribution in [0.15, 0.2) is 17.8 Å². The van der Waals surface area contributed by atoms with Crippen molar-refractivity contribution in [2.45, 2.75) is 19.9 Å². The first kappa shape index (κ1) is 13.3. The average Bonchev–Trinajstić information content (AvgIpc) is 3.04. The molecule has 7 heteroatoms. The second kappa shape index (κ2) is 5.66. The molecule has 0 bridgehead atoms. The van der Waals surface area contributed by atoms with Crippen molar-refractivity contribution in [1.82, 2.24) is 15.3 Å². The van der Waals surface area contributed by atoms with Gasteiger partial charge in [0.1, 0.15) is 0 Å². The molecule has 0 saturated carbocycles. The van der Waals surface area contributed by atoms with E-state index in [1.54, 1.807) is 11.3 Å². The van der Waals surface area contributed by atoms with Gasteiger partial charge in [0.05, 0.1) is 12.9 Å². The molecule has 19 heavy (non-hydrogen) atoms. The summed E-state index contributed by atoms with van der Waals surface area (Å²) in [5.74, 6) is -1.69. The fraction of sp³-hybridized carbons (Fsp3) is 0.250. The topological polar surface area (TPSA) is 95.1 Å².